The molecule has 5 nitrogen and oxygen atoms in total. The summed E-state index contributed by atoms with van der Waals surface area (Å²) in [4.78, 5) is 10.8. The van der Waals surface area contributed by atoms with Crippen LogP contribution in [0, 0.1) is 5.92 Å². The zero-order valence-electron chi connectivity index (χ0n) is 12.0. The van der Waals surface area contributed by atoms with Gasteiger partial charge >= 0.3 is 6.18 Å². The Bertz CT molecular complexity index is 644. The van der Waals surface area contributed by atoms with Crippen LogP contribution >= 0.6 is 0 Å². The van der Waals surface area contributed by atoms with Gasteiger partial charge in [-0.15, -0.1) is 0 Å². The zero-order valence-corrected chi connectivity index (χ0v) is 12.8. The molecule has 1 aromatic rings. The molecule has 0 aliphatic heterocycles. The molecular weight excluding hydrogens is 321 g/mol. The predicted octanol–water partition coefficient (Wildman–Crippen LogP) is 1.88. The lowest BCUT2D eigenvalue weighted by Crippen LogP contribution is -2.48. The van der Waals surface area contributed by atoms with Crippen LogP contribution in [0.25, 0.3) is 0 Å². The molecule has 0 saturated heterocycles. The summed E-state index contributed by atoms with van der Waals surface area (Å²) >= 11 is 0. The number of carbonyl (C=O) groups excluding carboxylic acids is 1. The van der Waals surface area contributed by atoms with Gasteiger partial charge in [0.15, 0.2) is 0 Å². The Hall–Kier alpha value is -1.61. The monoisotopic (exact) mass is 338 g/mol. The van der Waals surface area contributed by atoms with E-state index in [1.165, 1.54) is 0 Å². The van der Waals surface area contributed by atoms with Gasteiger partial charge in [-0.05, 0) is 24.1 Å². The van der Waals surface area contributed by atoms with Crippen LogP contribution < -0.4 is 10.5 Å². The first kappa shape index (κ1) is 18.4. The molecule has 124 valence electrons. The number of carbonyl (C=O) groups is 1. The van der Waals surface area contributed by atoms with Crippen LogP contribution in [0.15, 0.2) is 29.2 Å². The molecule has 0 unspecified atom stereocenters. The van der Waals surface area contributed by atoms with Crippen molar-refractivity contribution in [2.24, 2.45) is 11.7 Å². The molecule has 0 aliphatic rings. The Balaban J connectivity index is 3.16. The van der Waals surface area contributed by atoms with Crippen molar-refractivity contribution in [3.63, 3.8) is 0 Å². The van der Waals surface area contributed by atoms with Crippen molar-refractivity contribution in [3.05, 3.63) is 29.8 Å². The first-order chi connectivity index (χ1) is 9.99. The number of hydrogen-bond donors (Lipinski definition) is 2. The molecule has 0 saturated carbocycles. The molecule has 0 heterocycles. The van der Waals surface area contributed by atoms with Crippen molar-refractivity contribution in [3.8, 4) is 0 Å². The van der Waals surface area contributed by atoms with Gasteiger partial charge in [0, 0.05) is 0 Å². The average molecular weight is 338 g/mol. The Labute approximate surface area is 126 Å². The van der Waals surface area contributed by atoms with Crippen LogP contribution in [0.1, 0.15) is 25.8 Å². The van der Waals surface area contributed by atoms with Crippen molar-refractivity contribution >= 4 is 15.9 Å². The van der Waals surface area contributed by atoms with Crippen LogP contribution in [-0.4, -0.2) is 20.4 Å². The third-order valence-electron chi connectivity index (χ3n) is 3.27. The summed E-state index contributed by atoms with van der Waals surface area (Å²) in [5.74, 6) is -1.28. The number of hydrogen-bond acceptors (Lipinski definition) is 3. The van der Waals surface area contributed by atoms with E-state index in [1.54, 1.807) is 13.8 Å². The van der Waals surface area contributed by atoms with Gasteiger partial charge in [-0.1, -0.05) is 26.3 Å². The normalized spacial score (nSPS) is 15.3. The van der Waals surface area contributed by atoms with Crippen LogP contribution in [0.2, 0.25) is 0 Å². The smallest absolute Gasteiger partial charge is 0.368 e. The van der Waals surface area contributed by atoms with E-state index in [-0.39, 0.29) is 0 Å². The fourth-order valence-electron chi connectivity index (χ4n) is 1.77. The summed E-state index contributed by atoms with van der Waals surface area (Å²) in [5.41, 5.74) is 4.06. The summed E-state index contributed by atoms with van der Waals surface area (Å²) in [6.45, 7) is 3.35. The summed E-state index contributed by atoms with van der Waals surface area (Å²) in [7, 11) is -4.29. The average Bonchev–Trinajstić information content (AvgIpc) is 2.43. The molecule has 22 heavy (non-hydrogen) atoms. The van der Waals surface area contributed by atoms with Gasteiger partial charge in [0.2, 0.25) is 15.9 Å². The van der Waals surface area contributed by atoms with E-state index in [9.17, 15) is 26.4 Å². The zero-order chi connectivity index (χ0) is 17.1. The number of primary amides is 1. The van der Waals surface area contributed by atoms with Gasteiger partial charge in [0.1, 0.15) is 6.04 Å². The summed E-state index contributed by atoms with van der Waals surface area (Å²) in [6.07, 6.45) is -4.19. The highest BCUT2D eigenvalue weighted by atomic mass is 32.2. The van der Waals surface area contributed by atoms with Gasteiger partial charge in [-0.25, -0.2) is 8.42 Å². The fourth-order valence-corrected chi connectivity index (χ4v) is 3.12. The van der Waals surface area contributed by atoms with E-state index in [0.717, 1.165) is 18.2 Å². The maximum atomic E-state index is 12.6. The molecular formula is C13H17F3N2O3S. The van der Waals surface area contributed by atoms with Crippen LogP contribution in [-0.2, 0) is 21.0 Å². The Morgan fingerprint density at radius 1 is 1.36 bits per heavy atom. The van der Waals surface area contributed by atoms with Gasteiger partial charge in [-0.2, -0.15) is 17.9 Å². The van der Waals surface area contributed by atoms with Gasteiger partial charge in [0.25, 0.3) is 0 Å². The standard InChI is InChI=1S/C13H17F3N2O3S/c1-3-8(2)11(12(17)19)18-22(20,21)10-6-4-5-9(7-10)13(14,15)16/h4-8,11,18H,3H2,1-2H3,(H2,17,19)/t8-,11+/m0/s1. The lowest BCUT2D eigenvalue weighted by atomic mass is 10.00. The highest BCUT2D eigenvalue weighted by Gasteiger charge is 2.33. The number of rotatable bonds is 6. The van der Waals surface area contributed by atoms with Crippen molar-refractivity contribution in [2.75, 3.05) is 0 Å². The maximum absolute atomic E-state index is 12.6. The Morgan fingerprint density at radius 2 is 1.95 bits per heavy atom. The van der Waals surface area contributed by atoms with E-state index < -0.39 is 44.5 Å². The number of alkyl halides is 3. The number of nitrogens with two attached hydrogens (primary N) is 1. The molecule has 1 aromatic carbocycles. The first-order valence-electron chi connectivity index (χ1n) is 6.48. The second kappa shape index (κ2) is 6.66. The highest BCUT2D eigenvalue weighted by Crippen LogP contribution is 2.30. The maximum Gasteiger partial charge on any atom is 0.416 e. The second-order valence-corrected chi connectivity index (χ2v) is 6.63. The molecule has 0 radical (unpaired) electrons. The van der Waals surface area contributed by atoms with Crippen LogP contribution in [0.4, 0.5) is 13.2 Å². The topological polar surface area (TPSA) is 89.3 Å². The number of benzene rings is 1. The Morgan fingerprint density at radius 3 is 2.41 bits per heavy atom. The predicted molar refractivity (Wildman–Crippen MR) is 74.2 cm³/mol. The number of sulfonamides is 1. The minimum Gasteiger partial charge on any atom is -0.368 e. The van der Waals surface area contributed by atoms with E-state index in [0.29, 0.717) is 12.5 Å². The highest BCUT2D eigenvalue weighted by molar-refractivity contribution is 7.89. The van der Waals surface area contributed by atoms with Crippen molar-refractivity contribution < 1.29 is 26.4 Å². The minimum absolute atomic E-state index is 0.391. The Kier molecular flexibility index (Phi) is 5.58. The molecule has 1 rings (SSSR count). The van der Waals surface area contributed by atoms with Crippen molar-refractivity contribution in [1.82, 2.24) is 4.72 Å². The molecule has 3 N–H and O–H groups in total. The number of halogens is 3. The van der Waals surface area contributed by atoms with Crippen molar-refractivity contribution in [1.29, 1.82) is 0 Å². The second-order valence-electron chi connectivity index (χ2n) is 4.91. The molecule has 0 fully saturated rings. The molecule has 0 bridgehead atoms. The summed E-state index contributed by atoms with van der Waals surface area (Å²) < 4.78 is 64.3. The van der Waals surface area contributed by atoms with Crippen LogP contribution in [0.5, 0.6) is 0 Å². The lowest BCUT2D eigenvalue weighted by Gasteiger charge is -2.21. The van der Waals surface area contributed by atoms with E-state index in [1.807, 2.05) is 0 Å². The fraction of sp³-hybridized carbons (Fsp3) is 0.462. The molecule has 2 atom stereocenters. The molecule has 0 aliphatic carbocycles. The largest absolute Gasteiger partial charge is 0.416 e. The van der Waals surface area contributed by atoms with E-state index in [4.69, 9.17) is 5.73 Å². The van der Waals surface area contributed by atoms with E-state index >= 15 is 0 Å². The number of amides is 1. The van der Waals surface area contributed by atoms with Gasteiger partial charge in [0.05, 0.1) is 10.5 Å². The van der Waals surface area contributed by atoms with Gasteiger partial charge < -0.3 is 5.73 Å². The molecule has 9 heteroatoms. The third-order valence-corrected chi connectivity index (χ3v) is 4.71. The summed E-state index contributed by atoms with van der Waals surface area (Å²) in [6, 6.07) is 2.09. The molecule has 0 aromatic heterocycles. The number of nitrogens with one attached hydrogen (secondary N) is 1. The summed E-state index contributed by atoms with van der Waals surface area (Å²) in [5, 5.41) is 0. The van der Waals surface area contributed by atoms with E-state index in [2.05, 4.69) is 4.72 Å². The van der Waals surface area contributed by atoms with Crippen LogP contribution in [0.3, 0.4) is 0 Å². The third kappa shape index (κ3) is 4.44. The SMILES string of the molecule is CC[C@H](C)[C@@H](NS(=O)(=O)c1cccc(C(F)(F)F)c1)C(N)=O. The minimum atomic E-state index is -4.66. The quantitative estimate of drug-likeness (QED) is 0.830. The lowest BCUT2D eigenvalue weighted by molar-refractivity contribution is -0.137. The molecule has 0 spiro atoms. The molecule has 1 amide bonds. The van der Waals surface area contributed by atoms with Gasteiger partial charge in [-0.3, -0.25) is 4.79 Å². The first-order valence-corrected chi connectivity index (χ1v) is 7.96. The van der Waals surface area contributed by atoms with Crippen molar-refractivity contribution in [2.45, 2.75) is 37.4 Å².